The van der Waals surface area contributed by atoms with E-state index in [9.17, 15) is 15.2 Å². The zero-order valence-electron chi connectivity index (χ0n) is 14.8. The number of phenols is 1. The molecular weight excluding hydrogens is 443 g/mol. The molecule has 2 N–H and O–H groups in total. The molecule has 134 valence electrons. The topological polar surface area (TPSA) is 82.3 Å². The minimum absolute atomic E-state index is 0.0350. The highest BCUT2D eigenvalue weighted by molar-refractivity contribution is 14.1. The van der Waals surface area contributed by atoms with Gasteiger partial charge in [0.05, 0.1) is 10.2 Å². The molecule has 2 aromatic rings. The standard InChI is InChI=1S/C20H19IN2O3/c1-4-26-18-10-14(9-17(21)19(18)24)8-15(11-22)20(25)23-16-6-5-12(2)13(3)7-16/h5-10,24H,4H2,1-3H3,(H,23,25)/b15-8+. The molecule has 2 aromatic carbocycles. The average molecular weight is 462 g/mol. The Morgan fingerprint density at radius 1 is 1.31 bits per heavy atom. The van der Waals surface area contributed by atoms with Crippen LogP contribution in [0.5, 0.6) is 11.5 Å². The fraction of sp³-hybridized carbons (Fsp3) is 0.200. The Morgan fingerprint density at radius 2 is 2.04 bits per heavy atom. The number of ether oxygens (including phenoxy) is 1. The first kappa shape index (κ1) is 19.8. The van der Waals surface area contributed by atoms with Crippen molar-refractivity contribution in [3.05, 3.63) is 56.2 Å². The van der Waals surface area contributed by atoms with Crippen LogP contribution in [0.15, 0.2) is 35.9 Å². The summed E-state index contributed by atoms with van der Waals surface area (Å²) < 4.78 is 5.96. The molecule has 0 saturated carbocycles. The number of carbonyl (C=O) groups excluding carboxylic acids is 1. The van der Waals surface area contributed by atoms with E-state index in [1.165, 1.54) is 6.08 Å². The summed E-state index contributed by atoms with van der Waals surface area (Å²) in [6.45, 7) is 6.16. The summed E-state index contributed by atoms with van der Waals surface area (Å²) in [5.74, 6) is -0.128. The smallest absolute Gasteiger partial charge is 0.266 e. The zero-order chi connectivity index (χ0) is 19.3. The van der Waals surface area contributed by atoms with E-state index >= 15 is 0 Å². The number of nitrogens with one attached hydrogen (secondary N) is 1. The van der Waals surface area contributed by atoms with Crippen LogP contribution in [0, 0.1) is 28.7 Å². The van der Waals surface area contributed by atoms with Gasteiger partial charge in [-0.05, 0) is 90.4 Å². The molecule has 0 aliphatic heterocycles. The Morgan fingerprint density at radius 3 is 2.65 bits per heavy atom. The molecule has 5 nitrogen and oxygen atoms in total. The minimum atomic E-state index is -0.489. The second-order valence-electron chi connectivity index (χ2n) is 5.71. The van der Waals surface area contributed by atoms with Gasteiger partial charge < -0.3 is 15.2 Å². The maximum absolute atomic E-state index is 12.4. The lowest BCUT2D eigenvalue weighted by molar-refractivity contribution is -0.112. The molecule has 0 fully saturated rings. The summed E-state index contributed by atoms with van der Waals surface area (Å²) in [6.07, 6.45) is 1.47. The van der Waals surface area contributed by atoms with E-state index in [0.29, 0.717) is 27.2 Å². The lowest BCUT2D eigenvalue weighted by Crippen LogP contribution is -2.13. The van der Waals surface area contributed by atoms with Gasteiger partial charge in [0, 0.05) is 5.69 Å². The van der Waals surface area contributed by atoms with Gasteiger partial charge in [0.25, 0.3) is 5.91 Å². The molecule has 0 atom stereocenters. The van der Waals surface area contributed by atoms with Gasteiger partial charge in [0.1, 0.15) is 11.6 Å². The van der Waals surface area contributed by atoms with Gasteiger partial charge >= 0.3 is 0 Å². The van der Waals surface area contributed by atoms with Gasteiger partial charge in [-0.15, -0.1) is 0 Å². The normalized spacial score (nSPS) is 11.0. The van der Waals surface area contributed by atoms with Gasteiger partial charge in [-0.3, -0.25) is 4.79 Å². The number of amides is 1. The molecule has 0 aliphatic rings. The molecule has 1 amide bonds. The predicted molar refractivity (Wildman–Crippen MR) is 110 cm³/mol. The Labute approximate surface area is 166 Å². The molecule has 0 aromatic heterocycles. The second-order valence-corrected chi connectivity index (χ2v) is 6.87. The van der Waals surface area contributed by atoms with Gasteiger partial charge in [0.2, 0.25) is 0 Å². The van der Waals surface area contributed by atoms with Crippen LogP contribution in [-0.2, 0) is 4.79 Å². The average Bonchev–Trinajstić information content (AvgIpc) is 2.60. The lowest BCUT2D eigenvalue weighted by Gasteiger charge is -2.09. The van der Waals surface area contributed by atoms with Crippen LogP contribution in [0.1, 0.15) is 23.6 Å². The van der Waals surface area contributed by atoms with E-state index in [1.807, 2.05) is 61.6 Å². The number of anilines is 1. The largest absolute Gasteiger partial charge is 0.504 e. The molecule has 6 heteroatoms. The molecular formula is C20H19IN2O3. The van der Waals surface area contributed by atoms with E-state index in [1.54, 1.807) is 18.2 Å². The van der Waals surface area contributed by atoms with Crippen molar-refractivity contribution < 1.29 is 14.6 Å². The van der Waals surface area contributed by atoms with Crippen molar-refractivity contribution in [1.82, 2.24) is 0 Å². The van der Waals surface area contributed by atoms with Crippen LogP contribution in [0.4, 0.5) is 5.69 Å². The van der Waals surface area contributed by atoms with Gasteiger partial charge in [-0.25, -0.2) is 0 Å². The number of nitrogens with zero attached hydrogens (tertiary/aromatic N) is 1. The molecule has 0 spiro atoms. The number of carbonyl (C=O) groups is 1. The van der Waals surface area contributed by atoms with Crippen LogP contribution < -0.4 is 10.1 Å². The number of halogens is 1. The molecule has 0 unspecified atom stereocenters. The summed E-state index contributed by atoms with van der Waals surface area (Å²) >= 11 is 1.97. The van der Waals surface area contributed by atoms with Crippen LogP contribution in [0.25, 0.3) is 6.08 Å². The van der Waals surface area contributed by atoms with Crippen molar-refractivity contribution in [2.24, 2.45) is 0 Å². The van der Waals surface area contributed by atoms with Crippen molar-refractivity contribution in [3.63, 3.8) is 0 Å². The van der Waals surface area contributed by atoms with Crippen LogP contribution in [0.2, 0.25) is 0 Å². The molecule has 0 radical (unpaired) electrons. The summed E-state index contributed by atoms with van der Waals surface area (Å²) in [4.78, 5) is 12.4. The molecule has 0 bridgehead atoms. The first-order valence-electron chi connectivity index (χ1n) is 8.01. The number of nitriles is 1. The third-order valence-electron chi connectivity index (χ3n) is 3.79. The third-order valence-corrected chi connectivity index (χ3v) is 4.61. The molecule has 0 heterocycles. The summed E-state index contributed by atoms with van der Waals surface area (Å²) in [6, 6.07) is 10.8. The van der Waals surface area contributed by atoms with Crippen LogP contribution >= 0.6 is 22.6 Å². The molecule has 0 aliphatic carbocycles. The van der Waals surface area contributed by atoms with E-state index in [0.717, 1.165) is 11.1 Å². The first-order valence-corrected chi connectivity index (χ1v) is 9.09. The highest BCUT2D eigenvalue weighted by Gasteiger charge is 2.13. The Kier molecular flexibility index (Phi) is 6.64. The van der Waals surface area contributed by atoms with Crippen molar-refractivity contribution in [1.29, 1.82) is 5.26 Å². The molecule has 26 heavy (non-hydrogen) atoms. The number of hydrogen-bond donors (Lipinski definition) is 2. The second kappa shape index (κ2) is 8.72. The van der Waals surface area contributed by atoms with Gasteiger partial charge in [-0.1, -0.05) is 6.07 Å². The molecule has 0 saturated heterocycles. The number of benzene rings is 2. The van der Waals surface area contributed by atoms with E-state index in [-0.39, 0.29) is 11.3 Å². The SMILES string of the molecule is CCOc1cc(/C=C(\C#N)C(=O)Nc2ccc(C)c(C)c2)cc(I)c1O. The van der Waals surface area contributed by atoms with Crippen molar-refractivity contribution in [2.45, 2.75) is 20.8 Å². The van der Waals surface area contributed by atoms with E-state index < -0.39 is 5.91 Å². The number of rotatable bonds is 5. The first-order chi connectivity index (χ1) is 12.3. The third kappa shape index (κ3) is 4.76. The predicted octanol–water partition coefficient (Wildman–Crippen LogP) is 4.56. The zero-order valence-corrected chi connectivity index (χ0v) is 16.9. The summed E-state index contributed by atoms with van der Waals surface area (Å²) in [5.41, 5.74) is 3.38. The number of phenolic OH excluding ortho intramolecular Hbond substituents is 1. The van der Waals surface area contributed by atoms with Crippen molar-refractivity contribution in [3.8, 4) is 17.6 Å². The summed E-state index contributed by atoms with van der Waals surface area (Å²) in [5, 5.41) is 22.1. The fourth-order valence-electron chi connectivity index (χ4n) is 2.28. The van der Waals surface area contributed by atoms with Crippen LogP contribution in [0.3, 0.4) is 0 Å². The summed E-state index contributed by atoms with van der Waals surface area (Å²) in [7, 11) is 0. The number of hydrogen-bond acceptors (Lipinski definition) is 4. The Bertz CT molecular complexity index is 914. The van der Waals surface area contributed by atoms with Gasteiger partial charge in [0.15, 0.2) is 11.5 Å². The van der Waals surface area contributed by atoms with Crippen molar-refractivity contribution >= 4 is 40.3 Å². The van der Waals surface area contributed by atoms with Crippen LogP contribution in [-0.4, -0.2) is 17.6 Å². The quantitative estimate of drug-likeness (QED) is 0.388. The Hall–Kier alpha value is -2.53. The Balaban J connectivity index is 2.30. The molecule has 2 rings (SSSR count). The van der Waals surface area contributed by atoms with Gasteiger partial charge in [-0.2, -0.15) is 5.26 Å². The maximum atomic E-state index is 12.4. The monoisotopic (exact) mass is 462 g/mol. The maximum Gasteiger partial charge on any atom is 0.266 e. The van der Waals surface area contributed by atoms with E-state index in [2.05, 4.69) is 5.32 Å². The number of aromatic hydroxyl groups is 1. The fourth-order valence-corrected chi connectivity index (χ4v) is 2.90. The van der Waals surface area contributed by atoms with Crippen molar-refractivity contribution in [2.75, 3.05) is 11.9 Å². The minimum Gasteiger partial charge on any atom is -0.504 e. The van der Waals surface area contributed by atoms with E-state index in [4.69, 9.17) is 4.74 Å². The highest BCUT2D eigenvalue weighted by Crippen LogP contribution is 2.33. The lowest BCUT2D eigenvalue weighted by atomic mass is 10.1. The highest BCUT2D eigenvalue weighted by atomic mass is 127. The number of aryl methyl sites for hydroxylation is 2.